The first-order valence-corrected chi connectivity index (χ1v) is 9.72. The molecule has 1 N–H and O–H groups in total. The maximum absolute atomic E-state index is 12.6. The summed E-state index contributed by atoms with van der Waals surface area (Å²) in [5.41, 5.74) is 2.55. The van der Waals surface area contributed by atoms with Gasteiger partial charge in [-0.15, -0.1) is 0 Å². The van der Waals surface area contributed by atoms with Crippen molar-refractivity contribution in [1.82, 2.24) is 9.62 Å². The third-order valence-electron chi connectivity index (χ3n) is 4.03. The molecule has 1 amide bonds. The Morgan fingerprint density at radius 2 is 1.62 bits per heavy atom. The Bertz CT molecular complexity index is 834. The van der Waals surface area contributed by atoms with Gasteiger partial charge < -0.3 is 5.32 Å². The van der Waals surface area contributed by atoms with E-state index in [0.717, 1.165) is 19.7 Å². The van der Waals surface area contributed by atoms with Gasteiger partial charge in [0.15, 0.2) is 0 Å². The van der Waals surface area contributed by atoms with Gasteiger partial charge in [0, 0.05) is 14.1 Å². The Balaban J connectivity index is 2.17. The van der Waals surface area contributed by atoms with Crippen molar-refractivity contribution in [2.45, 2.75) is 19.9 Å². The molecule has 2 aromatic carbocycles. The largest absolute Gasteiger partial charge is 0.348 e. The fourth-order valence-electron chi connectivity index (χ4n) is 2.45. The molecule has 0 radical (unpaired) electrons. The van der Waals surface area contributed by atoms with Crippen LogP contribution < -0.4 is 9.62 Å². The van der Waals surface area contributed by atoms with E-state index < -0.39 is 10.2 Å². The minimum absolute atomic E-state index is 0.220. The Hall–Kier alpha value is -2.38. The van der Waals surface area contributed by atoms with Crippen LogP contribution in [0.1, 0.15) is 24.1 Å². The van der Waals surface area contributed by atoms with E-state index >= 15 is 0 Å². The molecule has 0 saturated heterocycles. The molecule has 140 valence electrons. The average molecular weight is 375 g/mol. The smallest absolute Gasteiger partial charge is 0.304 e. The molecule has 0 saturated carbocycles. The Kier molecular flexibility index (Phi) is 6.39. The molecule has 0 heterocycles. The molecule has 0 aliphatic heterocycles. The second kappa shape index (κ2) is 8.33. The number of carbonyl (C=O) groups is 1. The third-order valence-corrected chi connectivity index (χ3v) is 5.85. The summed E-state index contributed by atoms with van der Waals surface area (Å²) in [5, 5.41) is 2.86. The van der Waals surface area contributed by atoms with Gasteiger partial charge in [-0.3, -0.25) is 4.79 Å². The first-order chi connectivity index (χ1) is 12.2. The van der Waals surface area contributed by atoms with Crippen molar-refractivity contribution in [2.24, 2.45) is 0 Å². The van der Waals surface area contributed by atoms with Gasteiger partial charge in [-0.05, 0) is 31.5 Å². The number of aryl methyl sites for hydroxylation is 1. The van der Waals surface area contributed by atoms with Crippen LogP contribution in [-0.2, 0) is 15.0 Å². The normalized spacial score (nSPS) is 12.7. The van der Waals surface area contributed by atoms with Crippen LogP contribution in [0.25, 0.3) is 0 Å². The number of hydrogen-bond donors (Lipinski definition) is 1. The molecule has 0 spiro atoms. The standard InChI is InChI=1S/C19H25N3O3S/c1-15-10-12-17(13-11-15)16(2)20-19(23)14-22(26(24,25)21(3)4)18-8-6-5-7-9-18/h5-13,16H,14H2,1-4H3,(H,20,23). The van der Waals surface area contributed by atoms with E-state index in [4.69, 9.17) is 0 Å². The molecule has 6 nitrogen and oxygen atoms in total. The summed E-state index contributed by atoms with van der Waals surface area (Å²) in [7, 11) is -0.902. The van der Waals surface area contributed by atoms with Gasteiger partial charge >= 0.3 is 10.2 Å². The first kappa shape index (κ1) is 19.9. The van der Waals surface area contributed by atoms with Gasteiger partial charge in [0.1, 0.15) is 6.54 Å². The molecule has 0 aliphatic rings. The molecular formula is C19H25N3O3S. The topological polar surface area (TPSA) is 69.7 Å². The minimum Gasteiger partial charge on any atom is -0.348 e. The number of carbonyl (C=O) groups excluding carboxylic acids is 1. The van der Waals surface area contributed by atoms with Crippen LogP contribution >= 0.6 is 0 Å². The van der Waals surface area contributed by atoms with Gasteiger partial charge in [-0.25, -0.2) is 4.31 Å². The van der Waals surface area contributed by atoms with Gasteiger partial charge in [0.2, 0.25) is 5.91 Å². The van der Waals surface area contributed by atoms with Crippen molar-refractivity contribution in [3.8, 4) is 0 Å². The number of amides is 1. The third kappa shape index (κ3) is 4.83. The fraction of sp³-hybridized carbons (Fsp3) is 0.316. The number of benzene rings is 2. The number of hydrogen-bond acceptors (Lipinski definition) is 3. The van der Waals surface area contributed by atoms with Crippen molar-refractivity contribution >= 4 is 21.8 Å². The lowest BCUT2D eigenvalue weighted by Crippen LogP contribution is -2.46. The van der Waals surface area contributed by atoms with Crippen LogP contribution in [0, 0.1) is 6.92 Å². The van der Waals surface area contributed by atoms with Crippen molar-refractivity contribution < 1.29 is 13.2 Å². The predicted molar refractivity (Wildman–Crippen MR) is 104 cm³/mol. The van der Waals surface area contributed by atoms with Gasteiger partial charge in [0.05, 0.1) is 11.7 Å². The lowest BCUT2D eigenvalue weighted by Gasteiger charge is -2.27. The summed E-state index contributed by atoms with van der Waals surface area (Å²) >= 11 is 0. The Morgan fingerprint density at radius 1 is 1.04 bits per heavy atom. The molecule has 0 aromatic heterocycles. The minimum atomic E-state index is -3.79. The average Bonchev–Trinajstić information content (AvgIpc) is 2.60. The van der Waals surface area contributed by atoms with E-state index in [0.29, 0.717) is 5.69 Å². The lowest BCUT2D eigenvalue weighted by atomic mass is 10.1. The van der Waals surface area contributed by atoms with Crippen molar-refractivity contribution in [3.63, 3.8) is 0 Å². The highest BCUT2D eigenvalue weighted by atomic mass is 32.2. The van der Waals surface area contributed by atoms with E-state index in [2.05, 4.69) is 5.32 Å². The molecule has 7 heteroatoms. The molecule has 0 aliphatic carbocycles. The van der Waals surface area contributed by atoms with E-state index in [1.165, 1.54) is 14.1 Å². The number of para-hydroxylation sites is 1. The van der Waals surface area contributed by atoms with Crippen LogP contribution in [0.4, 0.5) is 5.69 Å². The van der Waals surface area contributed by atoms with Crippen LogP contribution in [-0.4, -0.2) is 39.3 Å². The molecule has 0 fully saturated rings. The molecule has 26 heavy (non-hydrogen) atoms. The summed E-state index contributed by atoms with van der Waals surface area (Å²) in [6.45, 7) is 3.58. The van der Waals surface area contributed by atoms with E-state index in [9.17, 15) is 13.2 Å². The quantitative estimate of drug-likeness (QED) is 0.808. The molecule has 0 bridgehead atoms. The molecular weight excluding hydrogens is 350 g/mol. The van der Waals surface area contributed by atoms with Crippen molar-refractivity contribution in [2.75, 3.05) is 24.9 Å². The number of rotatable bonds is 7. The highest BCUT2D eigenvalue weighted by molar-refractivity contribution is 7.90. The van der Waals surface area contributed by atoms with Gasteiger partial charge in [-0.1, -0.05) is 48.0 Å². The summed E-state index contributed by atoms with van der Waals surface area (Å²) in [5.74, 6) is -0.368. The summed E-state index contributed by atoms with van der Waals surface area (Å²) in [6, 6.07) is 16.2. The summed E-state index contributed by atoms with van der Waals surface area (Å²) < 4.78 is 27.5. The first-order valence-electron chi connectivity index (χ1n) is 8.33. The lowest BCUT2D eigenvalue weighted by molar-refractivity contribution is -0.120. The predicted octanol–water partition coefficient (Wildman–Crippen LogP) is 2.49. The zero-order chi connectivity index (χ0) is 19.3. The molecule has 2 aromatic rings. The maximum Gasteiger partial charge on any atom is 0.304 e. The number of nitrogens with one attached hydrogen (secondary N) is 1. The summed E-state index contributed by atoms with van der Waals surface area (Å²) in [6.07, 6.45) is 0. The highest BCUT2D eigenvalue weighted by Gasteiger charge is 2.27. The zero-order valence-corrected chi connectivity index (χ0v) is 16.3. The van der Waals surface area contributed by atoms with Gasteiger partial charge in [-0.2, -0.15) is 12.7 Å². The fourth-order valence-corrected chi connectivity index (χ4v) is 3.52. The van der Waals surface area contributed by atoms with Crippen LogP contribution in [0.15, 0.2) is 54.6 Å². The van der Waals surface area contributed by atoms with Crippen molar-refractivity contribution in [3.05, 3.63) is 65.7 Å². The van der Waals surface area contributed by atoms with Crippen molar-refractivity contribution in [1.29, 1.82) is 0 Å². The second-order valence-corrected chi connectivity index (χ2v) is 8.40. The molecule has 2 rings (SSSR count). The second-order valence-electron chi connectivity index (χ2n) is 6.33. The monoisotopic (exact) mass is 375 g/mol. The maximum atomic E-state index is 12.6. The SMILES string of the molecule is Cc1ccc(C(C)NC(=O)CN(c2ccccc2)S(=O)(=O)N(C)C)cc1. The number of anilines is 1. The van der Waals surface area contributed by atoms with Crippen LogP contribution in [0.5, 0.6) is 0 Å². The molecule has 1 unspecified atom stereocenters. The van der Waals surface area contributed by atoms with Crippen LogP contribution in [0.2, 0.25) is 0 Å². The van der Waals surface area contributed by atoms with E-state index in [1.807, 2.05) is 38.1 Å². The highest BCUT2D eigenvalue weighted by Crippen LogP contribution is 2.19. The molecule has 1 atom stereocenters. The van der Waals surface area contributed by atoms with E-state index in [-0.39, 0.29) is 18.5 Å². The van der Waals surface area contributed by atoms with E-state index in [1.54, 1.807) is 30.3 Å². The van der Waals surface area contributed by atoms with Crippen LogP contribution in [0.3, 0.4) is 0 Å². The van der Waals surface area contributed by atoms with Gasteiger partial charge in [0.25, 0.3) is 0 Å². The Labute approximate surface area is 155 Å². The summed E-state index contributed by atoms with van der Waals surface area (Å²) in [4.78, 5) is 12.5. The Morgan fingerprint density at radius 3 is 2.15 bits per heavy atom. The zero-order valence-electron chi connectivity index (χ0n) is 15.5. The number of nitrogens with zero attached hydrogens (tertiary/aromatic N) is 2.